The second-order valence-corrected chi connectivity index (χ2v) is 5.12. The van der Waals surface area contributed by atoms with Crippen LogP contribution in [-0.2, 0) is 5.41 Å². The van der Waals surface area contributed by atoms with Crippen molar-refractivity contribution in [2.75, 3.05) is 0 Å². The normalized spacial score (nSPS) is 10.9. The molecule has 0 N–H and O–H groups in total. The third kappa shape index (κ3) is 2.61. The number of nitriles is 1. The van der Waals surface area contributed by atoms with E-state index in [1.807, 2.05) is 26.8 Å². The fourth-order valence-corrected chi connectivity index (χ4v) is 2.17. The number of nitrogens with zero attached hydrogens (tertiary/aromatic N) is 2. The van der Waals surface area contributed by atoms with E-state index in [2.05, 4.69) is 25.2 Å². The van der Waals surface area contributed by atoms with E-state index in [9.17, 15) is 0 Å². The quantitative estimate of drug-likeness (QED) is 0.794. The second kappa shape index (κ2) is 4.38. The van der Waals surface area contributed by atoms with Gasteiger partial charge in [-0.05, 0) is 22.0 Å². The molecule has 0 aromatic carbocycles. The first kappa shape index (κ1) is 12.3. The van der Waals surface area contributed by atoms with Gasteiger partial charge in [0.25, 0.3) is 5.88 Å². The van der Waals surface area contributed by atoms with Gasteiger partial charge in [-0.15, -0.1) is 0 Å². The first-order valence-electron chi connectivity index (χ1n) is 4.30. The molecular formula is C10H10BrClN2O. The number of rotatable bonds is 1. The summed E-state index contributed by atoms with van der Waals surface area (Å²) in [6.07, 6.45) is 0. The van der Waals surface area contributed by atoms with E-state index >= 15 is 0 Å². The van der Waals surface area contributed by atoms with E-state index in [1.165, 1.54) is 0 Å². The SMILES string of the molecule is CC(C)(C)c1nc(OCl)c(C#N)cc1Br. The smallest absolute Gasteiger partial charge is 0.255 e. The number of hydrogen-bond donors (Lipinski definition) is 0. The van der Waals surface area contributed by atoms with Gasteiger partial charge in [0.1, 0.15) is 23.5 Å². The molecule has 0 radical (unpaired) electrons. The molecule has 3 nitrogen and oxygen atoms in total. The Morgan fingerprint density at radius 3 is 2.53 bits per heavy atom. The number of hydrogen-bond acceptors (Lipinski definition) is 3. The molecule has 0 spiro atoms. The average molecular weight is 290 g/mol. The van der Waals surface area contributed by atoms with Crippen molar-refractivity contribution in [1.82, 2.24) is 4.98 Å². The molecule has 1 heterocycles. The van der Waals surface area contributed by atoms with Crippen LogP contribution in [-0.4, -0.2) is 4.98 Å². The van der Waals surface area contributed by atoms with Gasteiger partial charge >= 0.3 is 0 Å². The fourth-order valence-electron chi connectivity index (χ4n) is 1.14. The standard InChI is InChI=1S/C10H10BrClN2O/c1-10(2,3)8-7(11)4-6(5-13)9(14-8)15-12/h4H,1-3H3. The van der Waals surface area contributed by atoms with Crippen LogP contribution in [0, 0.1) is 11.3 Å². The lowest BCUT2D eigenvalue weighted by Gasteiger charge is -2.19. The van der Waals surface area contributed by atoms with Gasteiger partial charge in [-0.1, -0.05) is 20.8 Å². The third-order valence-electron chi connectivity index (χ3n) is 1.84. The van der Waals surface area contributed by atoms with Crippen LogP contribution in [0.3, 0.4) is 0 Å². The molecule has 15 heavy (non-hydrogen) atoms. The summed E-state index contributed by atoms with van der Waals surface area (Å²) in [4.78, 5) is 4.21. The van der Waals surface area contributed by atoms with Gasteiger partial charge in [0, 0.05) is 9.89 Å². The summed E-state index contributed by atoms with van der Waals surface area (Å²) in [5.74, 6) is 0.146. The Morgan fingerprint density at radius 1 is 1.53 bits per heavy atom. The highest BCUT2D eigenvalue weighted by Crippen LogP contribution is 2.32. The zero-order chi connectivity index (χ0) is 11.6. The molecule has 0 fully saturated rings. The van der Waals surface area contributed by atoms with E-state index in [0.717, 1.165) is 10.2 Å². The minimum atomic E-state index is -0.142. The minimum Gasteiger partial charge on any atom is -0.363 e. The van der Waals surface area contributed by atoms with Crippen LogP contribution in [0.2, 0.25) is 0 Å². The van der Waals surface area contributed by atoms with Crippen molar-refractivity contribution >= 4 is 27.8 Å². The maximum atomic E-state index is 8.82. The maximum absolute atomic E-state index is 8.82. The van der Waals surface area contributed by atoms with Crippen molar-refractivity contribution in [3.8, 4) is 11.9 Å². The summed E-state index contributed by atoms with van der Waals surface area (Å²) < 4.78 is 5.33. The zero-order valence-electron chi connectivity index (χ0n) is 8.64. The predicted octanol–water partition coefficient (Wildman–Crippen LogP) is 3.55. The molecule has 0 aliphatic carbocycles. The lowest BCUT2D eigenvalue weighted by Crippen LogP contribution is -2.15. The molecule has 1 aromatic heterocycles. The van der Waals surface area contributed by atoms with Gasteiger partial charge in [0.05, 0.1) is 5.69 Å². The molecule has 1 rings (SSSR count). The lowest BCUT2D eigenvalue weighted by atomic mass is 9.91. The van der Waals surface area contributed by atoms with Gasteiger partial charge < -0.3 is 4.29 Å². The first-order chi connectivity index (χ1) is 6.90. The van der Waals surface area contributed by atoms with Crippen LogP contribution in [0.15, 0.2) is 10.5 Å². The van der Waals surface area contributed by atoms with Crippen molar-refractivity contribution in [3.63, 3.8) is 0 Å². The molecule has 0 amide bonds. The van der Waals surface area contributed by atoms with E-state index in [4.69, 9.17) is 17.1 Å². The molecule has 0 unspecified atom stereocenters. The minimum absolute atomic E-state index is 0.142. The van der Waals surface area contributed by atoms with Crippen molar-refractivity contribution in [2.24, 2.45) is 0 Å². The number of pyridine rings is 1. The molecule has 0 aliphatic heterocycles. The van der Waals surface area contributed by atoms with Crippen molar-refractivity contribution in [3.05, 3.63) is 21.8 Å². The molecule has 0 saturated carbocycles. The summed E-state index contributed by atoms with van der Waals surface area (Å²) in [5.41, 5.74) is 0.971. The van der Waals surface area contributed by atoms with Gasteiger partial charge in [-0.25, -0.2) is 4.98 Å². The highest BCUT2D eigenvalue weighted by Gasteiger charge is 2.22. The van der Waals surface area contributed by atoms with Crippen molar-refractivity contribution in [2.45, 2.75) is 26.2 Å². The predicted molar refractivity (Wildman–Crippen MR) is 61.8 cm³/mol. The zero-order valence-corrected chi connectivity index (χ0v) is 11.0. The molecule has 0 aliphatic rings. The fraction of sp³-hybridized carbons (Fsp3) is 0.400. The Hall–Kier alpha value is -0.790. The summed E-state index contributed by atoms with van der Waals surface area (Å²) in [7, 11) is 0. The van der Waals surface area contributed by atoms with Crippen molar-refractivity contribution < 1.29 is 4.29 Å². The monoisotopic (exact) mass is 288 g/mol. The van der Waals surface area contributed by atoms with E-state index in [0.29, 0.717) is 5.56 Å². The molecule has 0 saturated heterocycles. The Balaban J connectivity index is 3.41. The van der Waals surface area contributed by atoms with Crippen LogP contribution < -0.4 is 4.29 Å². The Kier molecular flexibility index (Phi) is 3.58. The number of aromatic nitrogens is 1. The summed E-state index contributed by atoms with van der Waals surface area (Å²) in [6.45, 7) is 6.05. The van der Waals surface area contributed by atoms with E-state index < -0.39 is 0 Å². The molecular weight excluding hydrogens is 279 g/mol. The second-order valence-electron chi connectivity index (χ2n) is 4.11. The van der Waals surface area contributed by atoms with Crippen LogP contribution in [0.4, 0.5) is 0 Å². The number of halogens is 2. The van der Waals surface area contributed by atoms with Gasteiger partial charge in [0.2, 0.25) is 0 Å². The summed E-state index contributed by atoms with van der Waals surface area (Å²) >= 11 is 8.63. The third-order valence-corrected chi connectivity index (χ3v) is 2.60. The van der Waals surface area contributed by atoms with Crippen molar-refractivity contribution in [1.29, 1.82) is 5.26 Å². The highest BCUT2D eigenvalue weighted by atomic mass is 79.9. The Morgan fingerprint density at radius 2 is 2.13 bits per heavy atom. The Labute approximate surface area is 102 Å². The van der Waals surface area contributed by atoms with Crippen LogP contribution >= 0.6 is 27.8 Å². The topological polar surface area (TPSA) is 45.9 Å². The van der Waals surface area contributed by atoms with Gasteiger partial charge in [-0.2, -0.15) is 5.26 Å². The first-order valence-corrected chi connectivity index (χ1v) is 5.40. The lowest BCUT2D eigenvalue weighted by molar-refractivity contribution is 0.532. The van der Waals surface area contributed by atoms with Crippen LogP contribution in [0.5, 0.6) is 5.88 Å². The average Bonchev–Trinajstić information content (AvgIpc) is 2.15. The van der Waals surface area contributed by atoms with Crippen LogP contribution in [0.1, 0.15) is 32.0 Å². The van der Waals surface area contributed by atoms with E-state index in [1.54, 1.807) is 6.07 Å². The van der Waals surface area contributed by atoms with Gasteiger partial charge in [0.15, 0.2) is 0 Å². The maximum Gasteiger partial charge on any atom is 0.255 e. The van der Waals surface area contributed by atoms with Gasteiger partial charge in [-0.3, -0.25) is 0 Å². The summed E-state index contributed by atoms with van der Waals surface area (Å²) in [6, 6.07) is 3.62. The molecule has 80 valence electrons. The van der Waals surface area contributed by atoms with E-state index in [-0.39, 0.29) is 11.3 Å². The van der Waals surface area contributed by atoms with Crippen LogP contribution in [0.25, 0.3) is 0 Å². The largest absolute Gasteiger partial charge is 0.363 e. The molecule has 0 bridgehead atoms. The molecule has 1 aromatic rings. The molecule has 0 atom stereocenters. The molecule has 5 heteroatoms. The highest BCUT2D eigenvalue weighted by molar-refractivity contribution is 9.10. The Bertz CT molecular complexity index is 421. The summed E-state index contributed by atoms with van der Waals surface area (Å²) in [5, 5.41) is 8.82.